The van der Waals surface area contributed by atoms with E-state index in [4.69, 9.17) is 9.84 Å². The second kappa shape index (κ2) is 5.11. The Morgan fingerprint density at radius 3 is 2.57 bits per heavy atom. The van der Waals surface area contributed by atoms with E-state index in [2.05, 4.69) is 5.32 Å². The number of hydrogen-bond acceptors (Lipinski definition) is 3. The smallest absolute Gasteiger partial charge is 0.305 e. The van der Waals surface area contributed by atoms with E-state index < -0.39 is 5.97 Å². The lowest BCUT2D eigenvalue weighted by Gasteiger charge is -2.05. The fourth-order valence-electron chi connectivity index (χ4n) is 1.02. The molecule has 0 atom stereocenters. The Hall–Kier alpha value is -1.71. The third kappa shape index (κ3) is 3.35. The molecule has 1 aromatic carbocycles. The van der Waals surface area contributed by atoms with Gasteiger partial charge in [-0.15, -0.1) is 0 Å². The third-order valence-corrected chi connectivity index (χ3v) is 1.76. The predicted molar refractivity (Wildman–Crippen MR) is 53.7 cm³/mol. The first-order valence-electron chi connectivity index (χ1n) is 4.32. The summed E-state index contributed by atoms with van der Waals surface area (Å²) in [6.07, 6.45) is 0.117. The van der Waals surface area contributed by atoms with Gasteiger partial charge in [0.05, 0.1) is 13.5 Å². The van der Waals surface area contributed by atoms with Crippen molar-refractivity contribution in [3.05, 3.63) is 24.3 Å². The largest absolute Gasteiger partial charge is 0.497 e. The molecule has 0 aliphatic rings. The Morgan fingerprint density at radius 1 is 1.43 bits per heavy atom. The van der Waals surface area contributed by atoms with E-state index in [1.54, 1.807) is 7.11 Å². The number of nitrogens with one attached hydrogen (secondary N) is 1. The average molecular weight is 195 g/mol. The maximum Gasteiger partial charge on any atom is 0.305 e. The Balaban J connectivity index is 2.40. The summed E-state index contributed by atoms with van der Waals surface area (Å²) in [5, 5.41) is 11.4. The monoisotopic (exact) mass is 195 g/mol. The lowest BCUT2D eigenvalue weighted by molar-refractivity contribution is -0.136. The highest BCUT2D eigenvalue weighted by atomic mass is 16.5. The number of aliphatic carboxylic acids is 1. The molecule has 0 spiro atoms. The fourth-order valence-corrected chi connectivity index (χ4v) is 1.02. The summed E-state index contributed by atoms with van der Waals surface area (Å²) in [6, 6.07) is 7.34. The zero-order valence-corrected chi connectivity index (χ0v) is 7.99. The van der Waals surface area contributed by atoms with Crippen LogP contribution in [0.25, 0.3) is 0 Å². The number of methoxy groups -OCH3 is 1. The van der Waals surface area contributed by atoms with Gasteiger partial charge in [0.25, 0.3) is 0 Å². The van der Waals surface area contributed by atoms with Gasteiger partial charge in [0.2, 0.25) is 0 Å². The van der Waals surface area contributed by atoms with Crippen LogP contribution >= 0.6 is 0 Å². The van der Waals surface area contributed by atoms with Gasteiger partial charge in [-0.1, -0.05) is 0 Å². The maximum absolute atomic E-state index is 10.2. The van der Waals surface area contributed by atoms with Crippen LogP contribution in [-0.2, 0) is 4.79 Å². The van der Waals surface area contributed by atoms with Gasteiger partial charge in [-0.25, -0.2) is 0 Å². The van der Waals surface area contributed by atoms with Crippen LogP contribution in [0.2, 0.25) is 0 Å². The van der Waals surface area contributed by atoms with Crippen LogP contribution in [0.5, 0.6) is 5.75 Å². The van der Waals surface area contributed by atoms with Crippen LogP contribution in [0.15, 0.2) is 24.3 Å². The molecule has 14 heavy (non-hydrogen) atoms. The number of benzene rings is 1. The number of carboxylic acid groups (broad SMARTS) is 1. The van der Waals surface area contributed by atoms with Crippen molar-refractivity contribution in [2.45, 2.75) is 6.42 Å². The van der Waals surface area contributed by atoms with E-state index in [-0.39, 0.29) is 6.42 Å². The summed E-state index contributed by atoms with van der Waals surface area (Å²) in [5.41, 5.74) is 0.895. The minimum absolute atomic E-state index is 0.117. The van der Waals surface area contributed by atoms with Gasteiger partial charge in [0, 0.05) is 12.2 Å². The van der Waals surface area contributed by atoms with Crippen molar-refractivity contribution < 1.29 is 14.6 Å². The molecule has 1 aromatic rings. The van der Waals surface area contributed by atoms with E-state index >= 15 is 0 Å². The lowest BCUT2D eigenvalue weighted by Crippen LogP contribution is -2.07. The summed E-state index contributed by atoms with van der Waals surface area (Å²) in [5.74, 6) is -0.0141. The van der Waals surface area contributed by atoms with E-state index in [1.165, 1.54) is 0 Å². The van der Waals surface area contributed by atoms with Crippen LogP contribution in [-0.4, -0.2) is 24.7 Å². The number of hydrogen-bond donors (Lipinski definition) is 2. The topological polar surface area (TPSA) is 58.6 Å². The summed E-state index contributed by atoms with van der Waals surface area (Å²) >= 11 is 0. The molecule has 0 bridgehead atoms. The molecule has 0 saturated heterocycles. The molecule has 4 heteroatoms. The number of rotatable bonds is 5. The van der Waals surface area contributed by atoms with Crippen LogP contribution in [0.1, 0.15) is 6.42 Å². The van der Waals surface area contributed by atoms with E-state index in [9.17, 15) is 4.79 Å². The Bertz CT molecular complexity index is 295. The van der Waals surface area contributed by atoms with Crippen molar-refractivity contribution in [1.82, 2.24) is 0 Å². The van der Waals surface area contributed by atoms with Crippen molar-refractivity contribution in [2.75, 3.05) is 19.0 Å². The minimum atomic E-state index is -0.800. The predicted octanol–water partition coefficient (Wildman–Crippen LogP) is 1.58. The highest BCUT2D eigenvalue weighted by Gasteiger charge is 1.96. The average Bonchev–Trinajstić information content (AvgIpc) is 2.18. The van der Waals surface area contributed by atoms with Gasteiger partial charge in [0.15, 0.2) is 0 Å². The van der Waals surface area contributed by atoms with Crippen molar-refractivity contribution in [1.29, 1.82) is 0 Å². The van der Waals surface area contributed by atoms with Gasteiger partial charge in [-0.3, -0.25) is 4.79 Å². The van der Waals surface area contributed by atoms with Gasteiger partial charge < -0.3 is 15.2 Å². The van der Waals surface area contributed by atoms with Crippen molar-refractivity contribution >= 4 is 11.7 Å². The molecule has 0 amide bonds. The quantitative estimate of drug-likeness (QED) is 0.749. The zero-order valence-electron chi connectivity index (χ0n) is 7.99. The molecule has 76 valence electrons. The molecule has 0 aromatic heterocycles. The van der Waals surface area contributed by atoms with Crippen LogP contribution in [0.4, 0.5) is 5.69 Å². The number of carbonyl (C=O) groups is 1. The van der Waals surface area contributed by atoms with Crippen LogP contribution < -0.4 is 10.1 Å². The SMILES string of the molecule is COc1ccc(NCCC(=O)O)cc1. The first kappa shape index (κ1) is 10.4. The lowest BCUT2D eigenvalue weighted by atomic mass is 10.3. The normalized spacial score (nSPS) is 9.50. The molecular formula is C10H13NO3. The Kier molecular flexibility index (Phi) is 3.79. The zero-order chi connectivity index (χ0) is 10.4. The Labute approximate surface area is 82.5 Å². The van der Waals surface area contributed by atoms with Crippen molar-refractivity contribution in [3.8, 4) is 5.75 Å². The van der Waals surface area contributed by atoms with Gasteiger partial charge in [0.1, 0.15) is 5.75 Å². The highest BCUT2D eigenvalue weighted by molar-refractivity contribution is 5.67. The molecule has 0 aliphatic heterocycles. The van der Waals surface area contributed by atoms with E-state index in [0.717, 1.165) is 11.4 Å². The van der Waals surface area contributed by atoms with Gasteiger partial charge in [-0.2, -0.15) is 0 Å². The highest BCUT2D eigenvalue weighted by Crippen LogP contribution is 2.14. The molecule has 4 nitrogen and oxygen atoms in total. The van der Waals surface area contributed by atoms with E-state index in [0.29, 0.717) is 6.54 Å². The van der Waals surface area contributed by atoms with Crippen LogP contribution in [0.3, 0.4) is 0 Å². The molecule has 1 rings (SSSR count). The van der Waals surface area contributed by atoms with E-state index in [1.807, 2.05) is 24.3 Å². The summed E-state index contributed by atoms with van der Waals surface area (Å²) in [7, 11) is 1.60. The molecule has 0 aliphatic carbocycles. The molecule has 2 N–H and O–H groups in total. The standard InChI is InChI=1S/C10H13NO3/c1-14-9-4-2-8(3-5-9)11-7-6-10(12)13/h2-5,11H,6-7H2,1H3,(H,12,13). The fraction of sp³-hybridized carbons (Fsp3) is 0.300. The van der Waals surface area contributed by atoms with Crippen LogP contribution in [0, 0.1) is 0 Å². The molecule has 0 heterocycles. The summed E-state index contributed by atoms with van der Waals surface area (Å²) < 4.78 is 4.99. The molecular weight excluding hydrogens is 182 g/mol. The van der Waals surface area contributed by atoms with Gasteiger partial charge in [-0.05, 0) is 24.3 Å². The molecule has 0 radical (unpaired) electrons. The first-order valence-corrected chi connectivity index (χ1v) is 4.32. The minimum Gasteiger partial charge on any atom is -0.497 e. The molecule has 0 saturated carbocycles. The van der Waals surface area contributed by atoms with Crippen molar-refractivity contribution in [3.63, 3.8) is 0 Å². The summed E-state index contributed by atoms with van der Waals surface area (Å²) in [4.78, 5) is 10.2. The first-order chi connectivity index (χ1) is 6.72. The number of anilines is 1. The second-order valence-corrected chi connectivity index (χ2v) is 2.80. The third-order valence-electron chi connectivity index (χ3n) is 1.76. The maximum atomic E-state index is 10.2. The Morgan fingerprint density at radius 2 is 2.07 bits per heavy atom. The second-order valence-electron chi connectivity index (χ2n) is 2.80. The summed E-state index contributed by atoms with van der Waals surface area (Å²) in [6.45, 7) is 0.432. The number of ether oxygens (including phenoxy) is 1. The molecule has 0 unspecified atom stereocenters. The number of carboxylic acids is 1. The molecule has 0 fully saturated rings. The van der Waals surface area contributed by atoms with Crippen molar-refractivity contribution in [2.24, 2.45) is 0 Å². The van der Waals surface area contributed by atoms with Gasteiger partial charge >= 0.3 is 5.97 Å².